The zero-order valence-electron chi connectivity index (χ0n) is 13.5. The number of aromatic nitrogens is 5. The number of aryl methyl sites for hydroxylation is 3. The molecule has 0 saturated carbocycles. The predicted molar refractivity (Wildman–Crippen MR) is 85.1 cm³/mol. The molecule has 2 heterocycles. The van der Waals surface area contributed by atoms with Crippen molar-refractivity contribution in [1.82, 2.24) is 24.3 Å². The van der Waals surface area contributed by atoms with Crippen molar-refractivity contribution in [2.45, 2.75) is 39.0 Å². The van der Waals surface area contributed by atoms with E-state index in [1.54, 1.807) is 31.2 Å². The molecule has 0 fully saturated rings. The van der Waals surface area contributed by atoms with Crippen LogP contribution in [0.3, 0.4) is 0 Å². The molecule has 0 saturated heterocycles. The molecule has 0 radical (unpaired) electrons. The fraction of sp³-hybridized carbons (Fsp3) is 0.375. The van der Waals surface area contributed by atoms with E-state index in [4.69, 9.17) is 0 Å². The van der Waals surface area contributed by atoms with Crippen LogP contribution in [-0.4, -0.2) is 30.5 Å². The van der Waals surface area contributed by atoms with Gasteiger partial charge < -0.3 is 0 Å². The summed E-state index contributed by atoms with van der Waals surface area (Å²) in [6, 6.07) is 7.01. The molecular formula is C16H16F3N5O. The quantitative estimate of drug-likeness (QED) is 0.708. The first-order chi connectivity index (χ1) is 11.8. The average Bonchev–Trinajstić information content (AvgIpc) is 2.87. The molecule has 25 heavy (non-hydrogen) atoms. The van der Waals surface area contributed by atoms with E-state index in [9.17, 15) is 18.0 Å². The molecule has 0 aliphatic rings. The second-order valence-electron chi connectivity index (χ2n) is 5.71. The Bertz CT molecular complexity index is 945. The fourth-order valence-electron chi connectivity index (χ4n) is 2.65. The molecule has 3 aromatic rings. The topological polar surface area (TPSA) is 65.6 Å². The summed E-state index contributed by atoms with van der Waals surface area (Å²) in [5.74, 6) is 0.556. The molecule has 132 valence electrons. The van der Waals surface area contributed by atoms with Crippen molar-refractivity contribution in [3.05, 3.63) is 52.6 Å². The number of para-hydroxylation sites is 1. The van der Waals surface area contributed by atoms with Gasteiger partial charge in [0, 0.05) is 13.0 Å². The molecule has 0 spiro atoms. The zero-order chi connectivity index (χ0) is 18.0. The number of alkyl halides is 3. The molecule has 0 N–H and O–H groups in total. The Kier molecular flexibility index (Phi) is 4.56. The van der Waals surface area contributed by atoms with Crippen LogP contribution in [0.5, 0.6) is 0 Å². The predicted octanol–water partition coefficient (Wildman–Crippen LogP) is 2.49. The number of hydrogen-bond acceptors (Lipinski definition) is 4. The largest absolute Gasteiger partial charge is 0.408 e. The molecule has 0 aliphatic heterocycles. The first kappa shape index (κ1) is 17.1. The van der Waals surface area contributed by atoms with Gasteiger partial charge in [-0.25, -0.2) is 14.6 Å². The van der Waals surface area contributed by atoms with E-state index in [1.165, 1.54) is 10.9 Å². The second kappa shape index (κ2) is 6.66. The number of fused-ring (bicyclic) bond motifs is 1. The van der Waals surface area contributed by atoms with Crippen LogP contribution in [0.4, 0.5) is 13.2 Å². The van der Waals surface area contributed by atoms with E-state index < -0.39 is 12.7 Å². The molecule has 0 bridgehead atoms. The monoisotopic (exact) mass is 351 g/mol. The number of hydrogen-bond donors (Lipinski definition) is 0. The van der Waals surface area contributed by atoms with Gasteiger partial charge in [-0.05, 0) is 25.5 Å². The summed E-state index contributed by atoms with van der Waals surface area (Å²) < 4.78 is 40.1. The summed E-state index contributed by atoms with van der Waals surface area (Å²) in [4.78, 5) is 20.6. The lowest BCUT2D eigenvalue weighted by Crippen LogP contribution is -2.22. The normalized spacial score (nSPS) is 12.0. The minimum atomic E-state index is -4.35. The molecule has 2 aromatic heterocycles. The smallest absolute Gasteiger partial charge is 0.299 e. The van der Waals surface area contributed by atoms with Crippen LogP contribution in [0, 0.1) is 6.92 Å². The number of halogens is 3. The summed E-state index contributed by atoms with van der Waals surface area (Å²) in [5.41, 5.74) is 0.447. The minimum absolute atomic E-state index is 0.168. The van der Waals surface area contributed by atoms with Gasteiger partial charge in [0.15, 0.2) is 0 Å². The number of benzene rings is 1. The summed E-state index contributed by atoms with van der Waals surface area (Å²) in [6.45, 7) is 0.726. The second-order valence-corrected chi connectivity index (χ2v) is 5.71. The fourth-order valence-corrected chi connectivity index (χ4v) is 2.65. The lowest BCUT2D eigenvalue weighted by atomic mass is 10.2. The van der Waals surface area contributed by atoms with Gasteiger partial charge in [0.1, 0.15) is 18.2 Å². The highest BCUT2D eigenvalue weighted by Crippen LogP contribution is 2.18. The van der Waals surface area contributed by atoms with Gasteiger partial charge in [-0.2, -0.15) is 18.3 Å². The van der Waals surface area contributed by atoms with Gasteiger partial charge in [-0.15, -0.1) is 0 Å². The molecule has 9 heteroatoms. The summed E-state index contributed by atoms with van der Waals surface area (Å²) in [5, 5.41) is 4.30. The van der Waals surface area contributed by atoms with E-state index in [1.807, 2.05) is 0 Å². The molecule has 3 rings (SSSR count). The van der Waals surface area contributed by atoms with Gasteiger partial charge >= 0.3 is 6.18 Å². The van der Waals surface area contributed by atoms with Crippen LogP contribution in [0.25, 0.3) is 10.9 Å². The van der Waals surface area contributed by atoms with Crippen LogP contribution in [0.2, 0.25) is 0 Å². The Hall–Kier alpha value is -2.71. The molecule has 0 unspecified atom stereocenters. The van der Waals surface area contributed by atoms with Crippen LogP contribution in [0.15, 0.2) is 35.4 Å². The standard InChI is InChI=1S/C16H16F3N5O/c1-11-21-14(24(22-11)9-16(17,18)19)7-4-8-23-10-20-13-6-3-2-5-12(13)15(23)25/h2-3,5-6,10H,4,7-9H2,1H3. The van der Waals surface area contributed by atoms with E-state index in [-0.39, 0.29) is 17.8 Å². The third-order valence-electron chi connectivity index (χ3n) is 3.71. The van der Waals surface area contributed by atoms with Crippen molar-refractivity contribution in [2.24, 2.45) is 0 Å². The van der Waals surface area contributed by atoms with Crippen molar-refractivity contribution >= 4 is 10.9 Å². The van der Waals surface area contributed by atoms with Crippen molar-refractivity contribution < 1.29 is 13.2 Å². The van der Waals surface area contributed by atoms with E-state index in [0.29, 0.717) is 29.7 Å². The Morgan fingerprint density at radius 1 is 1.20 bits per heavy atom. The number of nitrogens with zero attached hydrogens (tertiary/aromatic N) is 5. The third kappa shape index (κ3) is 4.04. The highest BCUT2D eigenvalue weighted by atomic mass is 19.4. The van der Waals surface area contributed by atoms with Crippen molar-refractivity contribution in [3.63, 3.8) is 0 Å². The maximum atomic E-state index is 12.6. The van der Waals surface area contributed by atoms with Crippen molar-refractivity contribution in [1.29, 1.82) is 0 Å². The molecular weight excluding hydrogens is 335 g/mol. The number of rotatable bonds is 5. The van der Waals surface area contributed by atoms with Gasteiger partial charge in [0.25, 0.3) is 5.56 Å². The maximum Gasteiger partial charge on any atom is 0.408 e. The highest BCUT2D eigenvalue weighted by Gasteiger charge is 2.30. The first-order valence-corrected chi connectivity index (χ1v) is 7.75. The first-order valence-electron chi connectivity index (χ1n) is 7.75. The van der Waals surface area contributed by atoms with Gasteiger partial charge in [0.2, 0.25) is 0 Å². The highest BCUT2D eigenvalue weighted by molar-refractivity contribution is 5.76. The van der Waals surface area contributed by atoms with Crippen molar-refractivity contribution in [2.75, 3.05) is 0 Å². The van der Waals surface area contributed by atoms with E-state index >= 15 is 0 Å². The average molecular weight is 351 g/mol. The van der Waals surface area contributed by atoms with Crippen LogP contribution < -0.4 is 5.56 Å². The van der Waals surface area contributed by atoms with Crippen LogP contribution in [-0.2, 0) is 19.5 Å². The van der Waals surface area contributed by atoms with E-state index in [0.717, 1.165) is 4.68 Å². The summed E-state index contributed by atoms with van der Waals surface area (Å²) >= 11 is 0. The van der Waals surface area contributed by atoms with E-state index in [2.05, 4.69) is 15.1 Å². The molecule has 6 nitrogen and oxygen atoms in total. The Morgan fingerprint density at radius 3 is 2.72 bits per heavy atom. The minimum Gasteiger partial charge on any atom is -0.299 e. The Balaban J connectivity index is 1.72. The molecule has 0 atom stereocenters. The zero-order valence-corrected chi connectivity index (χ0v) is 13.5. The molecule has 1 aromatic carbocycles. The van der Waals surface area contributed by atoms with Gasteiger partial charge in [-0.3, -0.25) is 9.36 Å². The third-order valence-corrected chi connectivity index (χ3v) is 3.71. The maximum absolute atomic E-state index is 12.6. The van der Waals surface area contributed by atoms with Crippen LogP contribution in [0.1, 0.15) is 18.1 Å². The lowest BCUT2D eigenvalue weighted by Gasteiger charge is -2.09. The summed E-state index contributed by atoms with van der Waals surface area (Å²) in [7, 11) is 0. The Morgan fingerprint density at radius 2 is 1.96 bits per heavy atom. The SMILES string of the molecule is Cc1nc(CCCn2cnc3ccccc3c2=O)n(CC(F)(F)F)n1. The summed E-state index contributed by atoms with van der Waals surface area (Å²) in [6.07, 6.45) is -2.16. The lowest BCUT2D eigenvalue weighted by molar-refractivity contribution is -0.143. The van der Waals surface area contributed by atoms with Crippen molar-refractivity contribution in [3.8, 4) is 0 Å². The molecule has 0 aliphatic carbocycles. The van der Waals surface area contributed by atoms with Crippen LogP contribution >= 0.6 is 0 Å². The van der Waals surface area contributed by atoms with Gasteiger partial charge in [0.05, 0.1) is 17.2 Å². The Labute approximate surface area is 140 Å². The van der Waals surface area contributed by atoms with Gasteiger partial charge in [-0.1, -0.05) is 12.1 Å². The molecule has 0 amide bonds.